The quantitative estimate of drug-likeness (QED) is 0.564. The first-order valence-electron chi connectivity index (χ1n) is 7.36. The summed E-state index contributed by atoms with van der Waals surface area (Å²) in [6.45, 7) is 0. The van der Waals surface area contributed by atoms with Crippen LogP contribution in [0.25, 0.3) is 20.4 Å². The lowest BCUT2D eigenvalue weighted by Crippen LogP contribution is -2.04. The summed E-state index contributed by atoms with van der Waals surface area (Å²) in [4.78, 5) is 8.27. The minimum Gasteiger partial charge on any atom is -0.240 e. The molecule has 0 fully saturated rings. The van der Waals surface area contributed by atoms with Crippen LogP contribution in [0.15, 0.2) is 52.9 Å². The van der Waals surface area contributed by atoms with Gasteiger partial charge in [-0.3, -0.25) is 0 Å². The van der Waals surface area contributed by atoms with Crippen LogP contribution in [0.5, 0.6) is 0 Å². The first-order chi connectivity index (χ1) is 11.4. The average Bonchev–Trinajstić information content (AvgIpc) is 3.19. The number of aromatic nitrogens is 2. The highest BCUT2D eigenvalue weighted by molar-refractivity contribution is 7.92. The standard InChI is InChI=1S/C15H10N2O2S3/c18-22(19,15-17-11-6-2-4-8-13(11)21-15)9-14-16-10-5-1-3-7-12(10)20-14/h1-8H,9H2/i9D2. The largest absolute Gasteiger partial charge is 0.240 e. The Morgan fingerprint density at radius 2 is 1.50 bits per heavy atom. The molecule has 110 valence electrons. The maximum absolute atomic E-state index is 12.8. The summed E-state index contributed by atoms with van der Waals surface area (Å²) >= 11 is 2.01. The lowest BCUT2D eigenvalue weighted by Gasteiger charge is -1.96. The smallest absolute Gasteiger partial charge is 0.211 e. The van der Waals surface area contributed by atoms with E-state index in [9.17, 15) is 8.42 Å². The second kappa shape index (κ2) is 5.12. The molecule has 4 nitrogen and oxygen atoms in total. The number of nitrogens with zero attached hydrogens (tertiary/aromatic N) is 2. The van der Waals surface area contributed by atoms with Gasteiger partial charge in [0.1, 0.15) is 10.7 Å². The molecule has 0 spiro atoms. The molecule has 4 aromatic rings. The molecule has 7 heteroatoms. The Bertz CT molecular complexity index is 1100. The van der Waals surface area contributed by atoms with Crippen molar-refractivity contribution in [3.63, 3.8) is 0 Å². The number of hydrogen-bond acceptors (Lipinski definition) is 6. The summed E-state index contributed by atoms with van der Waals surface area (Å²) in [5.74, 6) is 0. The van der Waals surface area contributed by atoms with Gasteiger partial charge in [-0.2, -0.15) is 0 Å². The molecule has 0 atom stereocenters. The van der Waals surface area contributed by atoms with Crippen molar-refractivity contribution in [3.05, 3.63) is 53.5 Å². The molecule has 0 N–H and O–H groups in total. The maximum Gasteiger partial charge on any atom is 0.211 e. The van der Waals surface area contributed by atoms with Crippen LogP contribution in [-0.2, 0) is 15.5 Å². The Hall–Kier alpha value is -1.83. The third-order valence-corrected chi connectivity index (χ3v) is 6.85. The Balaban J connectivity index is 1.87. The molecule has 0 aliphatic rings. The molecule has 22 heavy (non-hydrogen) atoms. The Kier molecular flexibility index (Phi) is 2.72. The first-order valence-corrected chi connectivity index (χ1v) is 9.47. The second-order valence-corrected chi connectivity index (χ2v) is 8.46. The molecular weight excluding hydrogens is 336 g/mol. The minimum atomic E-state index is -4.31. The van der Waals surface area contributed by atoms with Gasteiger partial charge in [0.05, 0.1) is 23.2 Å². The molecule has 0 saturated heterocycles. The van der Waals surface area contributed by atoms with E-state index in [1.165, 1.54) is 0 Å². The molecule has 0 aliphatic carbocycles. The van der Waals surface area contributed by atoms with Crippen LogP contribution in [0.1, 0.15) is 7.75 Å². The van der Waals surface area contributed by atoms with Crippen molar-refractivity contribution in [3.8, 4) is 0 Å². The van der Waals surface area contributed by atoms with Crippen molar-refractivity contribution in [2.45, 2.75) is 10.0 Å². The lowest BCUT2D eigenvalue weighted by molar-refractivity contribution is 0.594. The van der Waals surface area contributed by atoms with Crippen molar-refractivity contribution in [1.82, 2.24) is 9.97 Å². The average molecular weight is 348 g/mol. The van der Waals surface area contributed by atoms with E-state index in [4.69, 9.17) is 2.74 Å². The predicted octanol–water partition coefficient (Wildman–Crippen LogP) is 3.88. The zero-order valence-electron chi connectivity index (χ0n) is 13.1. The fourth-order valence-corrected chi connectivity index (χ4v) is 5.36. The number of hydrogen-bond donors (Lipinski definition) is 0. The van der Waals surface area contributed by atoms with E-state index in [0.29, 0.717) is 15.7 Å². The van der Waals surface area contributed by atoms with Crippen molar-refractivity contribution < 1.29 is 11.2 Å². The van der Waals surface area contributed by atoms with E-state index in [1.54, 1.807) is 42.5 Å². The molecule has 2 aromatic carbocycles. The Labute approximate surface area is 137 Å². The number of fused-ring (bicyclic) bond motifs is 2. The van der Waals surface area contributed by atoms with Gasteiger partial charge in [0.25, 0.3) is 0 Å². The molecule has 0 amide bonds. The summed E-state index contributed by atoms with van der Waals surface area (Å²) < 4.78 is 43.3. The van der Waals surface area contributed by atoms with Gasteiger partial charge in [-0.15, -0.1) is 22.7 Å². The summed E-state index contributed by atoms with van der Waals surface area (Å²) in [6.07, 6.45) is 0. The molecule has 2 heterocycles. The Morgan fingerprint density at radius 1 is 0.909 bits per heavy atom. The van der Waals surface area contributed by atoms with E-state index in [0.717, 1.165) is 27.4 Å². The van der Waals surface area contributed by atoms with Crippen LogP contribution >= 0.6 is 22.7 Å². The molecule has 0 bridgehead atoms. The van der Waals surface area contributed by atoms with Crippen LogP contribution < -0.4 is 0 Å². The third-order valence-electron chi connectivity index (χ3n) is 3.02. The number of benzene rings is 2. The molecule has 2 aromatic heterocycles. The predicted molar refractivity (Wildman–Crippen MR) is 90.1 cm³/mol. The summed E-state index contributed by atoms with van der Waals surface area (Å²) in [6, 6.07) is 14.1. The van der Waals surface area contributed by atoms with Crippen molar-refractivity contribution >= 4 is 52.9 Å². The normalized spacial score (nSPS) is 14.2. The van der Waals surface area contributed by atoms with Crippen LogP contribution in [0.3, 0.4) is 0 Å². The van der Waals surface area contributed by atoms with Gasteiger partial charge in [-0.25, -0.2) is 18.4 Å². The highest BCUT2D eigenvalue weighted by Gasteiger charge is 2.22. The SMILES string of the molecule is [2H]C([2H])(c1nc2ccccc2s1)S(=O)(=O)c1nc2ccccc2s1. The van der Waals surface area contributed by atoms with Gasteiger partial charge in [-0.05, 0) is 24.3 Å². The van der Waals surface area contributed by atoms with E-state index in [-0.39, 0.29) is 9.35 Å². The topological polar surface area (TPSA) is 59.9 Å². The van der Waals surface area contributed by atoms with Gasteiger partial charge in [0, 0.05) is 0 Å². The van der Waals surface area contributed by atoms with Gasteiger partial charge >= 0.3 is 0 Å². The van der Waals surface area contributed by atoms with Crippen LogP contribution in [0.2, 0.25) is 0 Å². The number of thiazole rings is 2. The van der Waals surface area contributed by atoms with Crippen molar-refractivity contribution in [2.24, 2.45) is 0 Å². The lowest BCUT2D eigenvalue weighted by atomic mass is 10.3. The number of para-hydroxylation sites is 2. The van der Waals surface area contributed by atoms with Crippen LogP contribution in [0.4, 0.5) is 0 Å². The van der Waals surface area contributed by atoms with E-state index in [1.807, 2.05) is 6.07 Å². The highest BCUT2D eigenvalue weighted by Crippen LogP contribution is 2.29. The zero-order chi connectivity index (χ0) is 16.9. The molecular formula is C15H10N2O2S3. The minimum absolute atomic E-state index is 0.0806. The van der Waals surface area contributed by atoms with E-state index in [2.05, 4.69) is 9.97 Å². The molecule has 0 unspecified atom stereocenters. The van der Waals surface area contributed by atoms with E-state index >= 15 is 0 Å². The fraction of sp³-hybridized carbons (Fsp3) is 0.0667. The fourth-order valence-electron chi connectivity index (χ4n) is 2.04. The molecule has 4 rings (SSSR count). The van der Waals surface area contributed by atoms with Gasteiger partial charge in [0.15, 0.2) is 0 Å². The van der Waals surface area contributed by atoms with Crippen molar-refractivity contribution in [2.75, 3.05) is 0 Å². The summed E-state index contributed by atoms with van der Waals surface area (Å²) in [5, 5.41) is -0.0806. The summed E-state index contributed by atoms with van der Waals surface area (Å²) in [7, 11) is -4.31. The van der Waals surface area contributed by atoms with Crippen LogP contribution in [0, 0.1) is 0 Å². The summed E-state index contributed by atoms with van der Waals surface area (Å²) in [5.41, 5.74) is -1.51. The van der Waals surface area contributed by atoms with E-state index < -0.39 is 15.5 Å². The molecule has 0 aliphatic heterocycles. The first kappa shape index (κ1) is 11.7. The monoisotopic (exact) mass is 348 g/mol. The van der Waals surface area contributed by atoms with Gasteiger partial charge < -0.3 is 0 Å². The highest BCUT2D eigenvalue weighted by atomic mass is 32.2. The second-order valence-electron chi connectivity index (χ2n) is 4.54. The third kappa shape index (κ3) is 2.41. The molecule has 0 saturated carbocycles. The van der Waals surface area contributed by atoms with Crippen LogP contribution in [-0.4, -0.2) is 18.4 Å². The number of sulfone groups is 1. The van der Waals surface area contributed by atoms with Gasteiger partial charge in [0.2, 0.25) is 14.2 Å². The number of rotatable bonds is 3. The maximum atomic E-state index is 12.8. The Morgan fingerprint density at radius 3 is 2.14 bits per heavy atom. The van der Waals surface area contributed by atoms with Crippen molar-refractivity contribution in [1.29, 1.82) is 0 Å². The van der Waals surface area contributed by atoms with Gasteiger partial charge in [-0.1, -0.05) is 24.3 Å². The molecule has 0 radical (unpaired) electrons. The zero-order valence-corrected chi connectivity index (χ0v) is 13.5.